The highest BCUT2D eigenvalue weighted by molar-refractivity contribution is 6.06. The van der Waals surface area contributed by atoms with Gasteiger partial charge in [0.2, 0.25) is 11.5 Å². The third-order valence-electron chi connectivity index (χ3n) is 7.83. The predicted molar refractivity (Wildman–Crippen MR) is 158 cm³/mol. The minimum absolute atomic E-state index is 0.00220. The van der Waals surface area contributed by atoms with Gasteiger partial charge in [-0.15, -0.1) is 0 Å². The van der Waals surface area contributed by atoms with Crippen LogP contribution in [0.3, 0.4) is 0 Å². The molecule has 2 aliphatic rings. The SMILES string of the molecule is C[C@H](N(Cc1ccc(F)cc1)C(=O)CN1C(=O)OC2(CCc3cc(NC(=O)Nc4ccc(NC(=O)O)cc4)ccc32)C1=O)C(F)(F)F. The van der Waals surface area contributed by atoms with Crippen molar-refractivity contribution in [3.05, 3.63) is 89.2 Å². The second-order valence-corrected chi connectivity index (χ2v) is 10.9. The number of imide groups is 1. The first-order valence-electron chi connectivity index (χ1n) is 14.1. The van der Waals surface area contributed by atoms with Crippen molar-refractivity contribution in [3.63, 3.8) is 0 Å². The van der Waals surface area contributed by atoms with Crippen LogP contribution < -0.4 is 16.0 Å². The van der Waals surface area contributed by atoms with Gasteiger partial charge in [0.05, 0.1) is 0 Å². The monoisotopic (exact) mass is 657 g/mol. The van der Waals surface area contributed by atoms with E-state index < -0.39 is 66.8 Å². The van der Waals surface area contributed by atoms with Gasteiger partial charge in [-0.1, -0.05) is 18.2 Å². The van der Waals surface area contributed by atoms with Crippen LogP contribution in [0.5, 0.6) is 0 Å². The van der Waals surface area contributed by atoms with Crippen molar-refractivity contribution in [1.29, 1.82) is 0 Å². The molecular formula is C31H27F4N5O7. The molecule has 1 saturated heterocycles. The van der Waals surface area contributed by atoms with E-state index in [0.29, 0.717) is 38.0 Å². The van der Waals surface area contributed by atoms with E-state index in [1.165, 1.54) is 48.5 Å². The number of carbonyl (C=O) groups excluding carboxylic acids is 4. The maximum atomic E-state index is 13.7. The molecule has 4 N–H and O–H groups in total. The molecule has 1 heterocycles. The predicted octanol–water partition coefficient (Wildman–Crippen LogP) is 5.66. The van der Waals surface area contributed by atoms with Gasteiger partial charge in [-0.05, 0) is 73.0 Å². The molecule has 1 unspecified atom stereocenters. The number of alkyl halides is 3. The minimum atomic E-state index is -4.83. The van der Waals surface area contributed by atoms with Gasteiger partial charge >= 0.3 is 24.4 Å². The van der Waals surface area contributed by atoms with Crippen molar-refractivity contribution < 1.29 is 51.4 Å². The van der Waals surface area contributed by atoms with E-state index >= 15 is 0 Å². The number of benzene rings is 3. The van der Waals surface area contributed by atoms with Gasteiger partial charge in [0.15, 0.2) is 0 Å². The number of aryl methyl sites for hydroxylation is 1. The molecule has 2 atom stereocenters. The van der Waals surface area contributed by atoms with Crippen LogP contribution in [0, 0.1) is 5.82 Å². The molecule has 6 amide bonds. The van der Waals surface area contributed by atoms with Crippen LogP contribution >= 0.6 is 0 Å². The highest BCUT2D eigenvalue weighted by atomic mass is 19.4. The summed E-state index contributed by atoms with van der Waals surface area (Å²) in [7, 11) is 0. The summed E-state index contributed by atoms with van der Waals surface area (Å²) in [4.78, 5) is 63.9. The third-order valence-corrected chi connectivity index (χ3v) is 7.83. The number of amides is 6. The van der Waals surface area contributed by atoms with Gasteiger partial charge in [0, 0.05) is 35.6 Å². The molecule has 5 rings (SSSR count). The lowest BCUT2D eigenvalue weighted by Gasteiger charge is -2.31. The van der Waals surface area contributed by atoms with Crippen LogP contribution in [0.25, 0.3) is 0 Å². The van der Waals surface area contributed by atoms with Crippen LogP contribution in [-0.4, -0.2) is 63.7 Å². The van der Waals surface area contributed by atoms with Gasteiger partial charge < -0.3 is 25.4 Å². The maximum Gasteiger partial charge on any atom is 0.418 e. The van der Waals surface area contributed by atoms with E-state index in [1.807, 2.05) is 0 Å². The highest BCUT2D eigenvalue weighted by Crippen LogP contribution is 2.46. The Bertz CT molecular complexity index is 1730. The quantitative estimate of drug-likeness (QED) is 0.228. The Morgan fingerprint density at radius 1 is 0.957 bits per heavy atom. The summed E-state index contributed by atoms with van der Waals surface area (Å²) in [6.45, 7) is -0.799. The summed E-state index contributed by atoms with van der Waals surface area (Å²) >= 11 is 0. The Labute approximate surface area is 264 Å². The molecule has 1 spiro atoms. The zero-order valence-corrected chi connectivity index (χ0v) is 24.6. The van der Waals surface area contributed by atoms with Gasteiger partial charge in [0.25, 0.3) is 5.91 Å². The van der Waals surface area contributed by atoms with Crippen molar-refractivity contribution >= 4 is 47.1 Å². The molecule has 0 bridgehead atoms. The topological polar surface area (TPSA) is 157 Å². The summed E-state index contributed by atoms with van der Waals surface area (Å²) < 4.78 is 59.9. The minimum Gasteiger partial charge on any atom is -0.465 e. The molecule has 16 heteroatoms. The van der Waals surface area contributed by atoms with Crippen molar-refractivity contribution in [3.8, 4) is 0 Å². The van der Waals surface area contributed by atoms with E-state index in [0.717, 1.165) is 19.1 Å². The molecule has 246 valence electrons. The largest absolute Gasteiger partial charge is 0.465 e. The smallest absolute Gasteiger partial charge is 0.418 e. The summed E-state index contributed by atoms with van der Waals surface area (Å²) in [5, 5.41) is 16.2. The number of carbonyl (C=O) groups is 5. The second kappa shape index (κ2) is 12.6. The van der Waals surface area contributed by atoms with Gasteiger partial charge in [0.1, 0.15) is 18.4 Å². The molecule has 3 aromatic carbocycles. The van der Waals surface area contributed by atoms with E-state index in [2.05, 4.69) is 16.0 Å². The lowest BCUT2D eigenvalue weighted by molar-refractivity contribution is -0.187. The Balaban J connectivity index is 1.28. The van der Waals surface area contributed by atoms with Crippen LogP contribution in [0.2, 0.25) is 0 Å². The Hall–Kier alpha value is -5.67. The van der Waals surface area contributed by atoms with Crippen LogP contribution in [-0.2, 0) is 32.9 Å². The summed E-state index contributed by atoms with van der Waals surface area (Å²) in [6, 6.07) is 12.0. The fraction of sp³-hybridized carbons (Fsp3) is 0.258. The van der Waals surface area contributed by atoms with Crippen molar-refractivity contribution in [2.24, 2.45) is 0 Å². The maximum absolute atomic E-state index is 13.7. The average molecular weight is 658 g/mol. The lowest BCUT2D eigenvalue weighted by Crippen LogP contribution is -2.51. The first-order valence-corrected chi connectivity index (χ1v) is 14.1. The number of hydrogen-bond donors (Lipinski definition) is 4. The molecular weight excluding hydrogens is 630 g/mol. The second-order valence-electron chi connectivity index (χ2n) is 10.9. The summed E-state index contributed by atoms with van der Waals surface area (Å²) in [5.41, 5.74) is 0.295. The fourth-order valence-electron chi connectivity index (χ4n) is 5.42. The van der Waals surface area contributed by atoms with Crippen molar-refractivity contribution in [1.82, 2.24) is 9.80 Å². The van der Waals surface area contributed by atoms with Gasteiger partial charge in [-0.25, -0.2) is 23.7 Å². The molecule has 1 aliphatic heterocycles. The Morgan fingerprint density at radius 2 is 1.55 bits per heavy atom. The molecule has 0 aromatic heterocycles. The number of ether oxygens (including phenoxy) is 1. The van der Waals surface area contributed by atoms with Crippen molar-refractivity contribution in [2.45, 2.75) is 44.1 Å². The van der Waals surface area contributed by atoms with Crippen LogP contribution in [0.1, 0.15) is 30.0 Å². The molecule has 1 fully saturated rings. The average Bonchev–Trinajstić information content (AvgIpc) is 3.48. The van der Waals surface area contributed by atoms with E-state index in [-0.39, 0.29) is 18.4 Å². The molecule has 1 aliphatic carbocycles. The zero-order valence-electron chi connectivity index (χ0n) is 24.6. The fourth-order valence-corrected chi connectivity index (χ4v) is 5.42. The standard InChI is InChI=1S/C31H27F4N5O7/c1-17(31(33,34)35)39(15-18-2-4-20(32)5-3-18)25(41)16-40-26(42)30(47-29(40)46)13-12-19-14-23(10-11-24(19)30)37-27(43)36-21-6-8-22(9-7-21)38-28(44)45/h2-11,14,17,38H,12-13,15-16H2,1H3,(H,44,45)(H2,36,37,43)/t17-,30?/m0/s1. The first-order chi connectivity index (χ1) is 22.2. The van der Waals surface area contributed by atoms with E-state index in [4.69, 9.17) is 9.84 Å². The summed E-state index contributed by atoms with van der Waals surface area (Å²) in [5.74, 6) is -2.69. The molecule has 0 radical (unpaired) electrons. The normalized spacial score (nSPS) is 17.6. The molecule has 3 aromatic rings. The third kappa shape index (κ3) is 6.95. The number of halogens is 4. The number of nitrogens with zero attached hydrogens (tertiary/aromatic N) is 2. The first kappa shape index (κ1) is 32.7. The van der Waals surface area contributed by atoms with E-state index in [9.17, 15) is 41.5 Å². The zero-order chi connectivity index (χ0) is 34.1. The van der Waals surface area contributed by atoms with E-state index in [1.54, 1.807) is 6.07 Å². The number of rotatable bonds is 8. The van der Waals surface area contributed by atoms with Gasteiger partial charge in [-0.3, -0.25) is 14.9 Å². The van der Waals surface area contributed by atoms with Crippen LogP contribution in [0.4, 0.5) is 49.0 Å². The highest BCUT2D eigenvalue weighted by Gasteiger charge is 2.58. The number of nitrogens with one attached hydrogen (secondary N) is 3. The lowest BCUT2D eigenvalue weighted by atomic mass is 9.94. The van der Waals surface area contributed by atoms with Crippen molar-refractivity contribution in [2.75, 3.05) is 22.5 Å². The Morgan fingerprint density at radius 3 is 2.17 bits per heavy atom. The molecule has 47 heavy (non-hydrogen) atoms. The molecule has 0 saturated carbocycles. The van der Waals surface area contributed by atoms with Gasteiger partial charge in [-0.2, -0.15) is 13.2 Å². The molecule has 12 nitrogen and oxygen atoms in total. The number of anilines is 3. The number of fused-ring (bicyclic) bond motifs is 2. The number of hydrogen-bond acceptors (Lipinski definition) is 6. The number of carboxylic acid groups (broad SMARTS) is 1. The number of urea groups is 1. The van der Waals surface area contributed by atoms with Crippen LogP contribution in [0.15, 0.2) is 66.7 Å². The Kier molecular flexibility index (Phi) is 8.78. The summed E-state index contributed by atoms with van der Waals surface area (Å²) in [6.07, 6.45) is -7.01.